The zero-order valence-corrected chi connectivity index (χ0v) is 23.8. The van der Waals surface area contributed by atoms with Gasteiger partial charge in [-0.05, 0) is 80.5 Å². The van der Waals surface area contributed by atoms with Crippen molar-refractivity contribution in [1.29, 1.82) is 0 Å². The summed E-state index contributed by atoms with van der Waals surface area (Å²) in [5.74, 6) is 2.16. The molecule has 0 fully saturated rings. The summed E-state index contributed by atoms with van der Waals surface area (Å²) in [5, 5.41) is 11.6. The standard InChI is InChI=1S/C31H51NO4/c1-22(2)10-7-11-23(3)12-8-13-24(4)14-9-18-31(6)19-17-26-21-27(20-25(5)30(26)36-31)32-28(33)15-16-29(34)35/h20-24H,7-19H2,1-6H3,(H,32,33)(H,34,35)/t23-,24-,31-/m1/s1. The number of hydrogen-bond acceptors (Lipinski definition) is 3. The molecule has 1 aromatic rings. The number of benzene rings is 1. The molecular formula is C31H51NO4. The van der Waals surface area contributed by atoms with E-state index in [4.69, 9.17) is 9.84 Å². The van der Waals surface area contributed by atoms with E-state index in [-0.39, 0.29) is 24.3 Å². The maximum atomic E-state index is 12.0. The zero-order chi connectivity index (χ0) is 26.7. The molecule has 0 saturated heterocycles. The molecule has 2 N–H and O–H groups in total. The van der Waals surface area contributed by atoms with Gasteiger partial charge in [-0.3, -0.25) is 9.59 Å². The molecule has 1 heterocycles. The smallest absolute Gasteiger partial charge is 0.303 e. The van der Waals surface area contributed by atoms with Crippen molar-refractivity contribution < 1.29 is 19.4 Å². The third kappa shape index (κ3) is 10.9. The van der Waals surface area contributed by atoms with Crippen LogP contribution in [0.4, 0.5) is 5.69 Å². The molecule has 2 rings (SSSR count). The molecule has 3 atom stereocenters. The number of nitrogens with one attached hydrogen (secondary N) is 1. The Hall–Kier alpha value is -2.04. The minimum atomic E-state index is -0.962. The van der Waals surface area contributed by atoms with Gasteiger partial charge in [-0.15, -0.1) is 0 Å². The van der Waals surface area contributed by atoms with E-state index in [0.717, 1.165) is 59.6 Å². The number of rotatable bonds is 16. The lowest BCUT2D eigenvalue weighted by Gasteiger charge is -2.37. The molecule has 5 nitrogen and oxygen atoms in total. The maximum absolute atomic E-state index is 12.0. The van der Waals surface area contributed by atoms with Crippen LogP contribution in [0.25, 0.3) is 0 Å². The summed E-state index contributed by atoms with van der Waals surface area (Å²) in [6.45, 7) is 13.7. The fourth-order valence-electron chi connectivity index (χ4n) is 5.37. The number of hydrogen-bond donors (Lipinski definition) is 2. The van der Waals surface area contributed by atoms with E-state index < -0.39 is 5.97 Å². The number of carbonyl (C=O) groups is 2. The van der Waals surface area contributed by atoms with E-state index in [1.54, 1.807) is 0 Å². The number of anilines is 1. The summed E-state index contributed by atoms with van der Waals surface area (Å²) < 4.78 is 6.55. The van der Waals surface area contributed by atoms with Crippen LogP contribution in [-0.4, -0.2) is 22.6 Å². The average molecular weight is 502 g/mol. The molecule has 1 aliphatic rings. The number of aliphatic carboxylic acids is 1. The van der Waals surface area contributed by atoms with Gasteiger partial charge in [0.15, 0.2) is 0 Å². The topological polar surface area (TPSA) is 75.6 Å². The highest BCUT2D eigenvalue weighted by Gasteiger charge is 2.32. The fourth-order valence-corrected chi connectivity index (χ4v) is 5.37. The Labute approximate surface area is 219 Å². The van der Waals surface area contributed by atoms with E-state index in [0.29, 0.717) is 0 Å². The van der Waals surface area contributed by atoms with Gasteiger partial charge < -0.3 is 15.2 Å². The summed E-state index contributed by atoms with van der Waals surface area (Å²) in [5.41, 5.74) is 2.71. The van der Waals surface area contributed by atoms with E-state index in [9.17, 15) is 9.59 Å². The van der Waals surface area contributed by atoms with Crippen molar-refractivity contribution in [2.45, 2.75) is 131 Å². The monoisotopic (exact) mass is 501 g/mol. The Morgan fingerprint density at radius 2 is 1.58 bits per heavy atom. The van der Waals surface area contributed by atoms with Crippen LogP contribution in [0.5, 0.6) is 5.75 Å². The lowest BCUT2D eigenvalue weighted by Crippen LogP contribution is -2.36. The van der Waals surface area contributed by atoms with Crippen LogP contribution in [0.3, 0.4) is 0 Å². The number of ether oxygens (including phenoxy) is 1. The van der Waals surface area contributed by atoms with E-state index in [1.807, 2.05) is 19.1 Å². The second kappa shape index (κ2) is 14.6. The normalized spacial score (nSPS) is 18.9. The van der Waals surface area contributed by atoms with Crippen molar-refractivity contribution in [3.8, 4) is 5.75 Å². The van der Waals surface area contributed by atoms with Crippen LogP contribution in [0.15, 0.2) is 12.1 Å². The first-order valence-corrected chi connectivity index (χ1v) is 14.3. The van der Waals surface area contributed by atoms with Gasteiger partial charge in [0.25, 0.3) is 0 Å². The highest BCUT2D eigenvalue weighted by atomic mass is 16.5. The van der Waals surface area contributed by atoms with Gasteiger partial charge in [-0.2, -0.15) is 0 Å². The van der Waals surface area contributed by atoms with Gasteiger partial charge in [0.2, 0.25) is 5.91 Å². The van der Waals surface area contributed by atoms with E-state index >= 15 is 0 Å². The third-order valence-corrected chi connectivity index (χ3v) is 7.75. The van der Waals surface area contributed by atoms with Crippen LogP contribution in [0, 0.1) is 24.7 Å². The Kier molecular flexibility index (Phi) is 12.3. The van der Waals surface area contributed by atoms with Crippen LogP contribution in [0.2, 0.25) is 0 Å². The lowest BCUT2D eigenvalue weighted by atomic mass is 9.85. The second-order valence-electron chi connectivity index (χ2n) is 12.1. The number of carboxylic acid groups (broad SMARTS) is 1. The fraction of sp³-hybridized carbons (Fsp3) is 0.742. The first-order chi connectivity index (χ1) is 17.0. The molecular weight excluding hydrogens is 450 g/mol. The molecule has 0 aliphatic carbocycles. The minimum absolute atomic E-state index is 0.0181. The number of aryl methyl sites for hydroxylation is 2. The highest BCUT2D eigenvalue weighted by molar-refractivity contribution is 5.92. The maximum Gasteiger partial charge on any atom is 0.303 e. The predicted molar refractivity (Wildman–Crippen MR) is 149 cm³/mol. The number of fused-ring (bicyclic) bond motifs is 1. The Bertz CT molecular complexity index is 849. The third-order valence-electron chi connectivity index (χ3n) is 7.75. The molecule has 1 amide bonds. The Morgan fingerprint density at radius 1 is 0.972 bits per heavy atom. The zero-order valence-electron chi connectivity index (χ0n) is 23.8. The summed E-state index contributed by atoms with van der Waals surface area (Å²) in [4.78, 5) is 22.7. The molecule has 36 heavy (non-hydrogen) atoms. The van der Waals surface area contributed by atoms with Gasteiger partial charge in [0.1, 0.15) is 11.4 Å². The molecule has 1 aromatic carbocycles. The first kappa shape index (κ1) is 30.2. The SMILES string of the molecule is Cc1cc(NC(=O)CCC(=O)O)cc2c1O[C@](C)(CCC[C@H](C)CCC[C@H](C)CCCC(C)C)CC2. The summed E-state index contributed by atoms with van der Waals surface area (Å²) >= 11 is 0. The van der Waals surface area contributed by atoms with Gasteiger partial charge in [-0.25, -0.2) is 0 Å². The number of amides is 1. The second-order valence-corrected chi connectivity index (χ2v) is 12.1. The van der Waals surface area contributed by atoms with Crippen molar-refractivity contribution >= 4 is 17.6 Å². The van der Waals surface area contributed by atoms with Crippen molar-refractivity contribution in [3.63, 3.8) is 0 Å². The largest absolute Gasteiger partial charge is 0.487 e. The molecule has 1 aliphatic heterocycles. The van der Waals surface area contributed by atoms with Gasteiger partial charge >= 0.3 is 5.97 Å². The summed E-state index contributed by atoms with van der Waals surface area (Å²) in [6.07, 6.45) is 13.4. The minimum Gasteiger partial charge on any atom is -0.487 e. The Morgan fingerprint density at radius 3 is 2.19 bits per heavy atom. The number of carboxylic acids is 1. The highest BCUT2D eigenvalue weighted by Crippen LogP contribution is 2.40. The molecule has 0 unspecified atom stereocenters. The van der Waals surface area contributed by atoms with Crippen LogP contribution < -0.4 is 10.1 Å². The number of carbonyl (C=O) groups excluding carboxylic acids is 1. The summed E-state index contributed by atoms with van der Waals surface area (Å²) in [7, 11) is 0. The quantitative estimate of drug-likeness (QED) is 0.239. The molecule has 0 radical (unpaired) electrons. The van der Waals surface area contributed by atoms with Crippen molar-refractivity contribution in [2.75, 3.05) is 5.32 Å². The van der Waals surface area contributed by atoms with Crippen LogP contribution >= 0.6 is 0 Å². The molecule has 0 spiro atoms. The van der Waals surface area contributed by atoms with E-state index in [1.165, 1.54) is 51.4 Å². The molecule has 0 bridgehead atoms. The van der Waals surface area contributed by atoms with Crippen molar-refractivity contribution in [3.05, 3.63) is 23.3 Å². The lowest BCUT2D eigenvalue weighted by molar-refractivity contribution is -0.138. The van der Waals surface area contributed by atoms with Gasteiger partial charge in [0.05, 0.1) is 6.42 Å². The molecule has 0 aromatic heterocycles. The van der Waals surface area contributed by atoms with E-state index in [2.05, 4.69) is 39.9 Å². The first-order valence-electron chi connectivity index (χ1n) is 14.3. The predicted octanol–water partition coefficient (Wildman–Crippen LogP) is 8.32. The van der Waals surface area contributed by atoms with Crippen molar-refractivity contribution in [2.24, 2.45) is 17.8 Å². The average Bonchev–Trinajstić information content (AvgIpc) is 2.78. The van der Waals surface area contributed by atoms with Gasteiger partial charge in [0, 0.05) is 12.1 Å². The van der Waals surface area contributed by atoms with Crippen LogP contribution in [-0.2, 0) is 16.0 Å². The molecule has 0 saturated carbocycles. The van der Waals surface area contributed by atoms with Crippen LogP contribution in [0.1, 0.15) is 123 Å². The molecule has 5 heteroatoms. The van der Waals surface area contributed by atoms with Gasteiger partial charge in [-0.1, -0.05) is 72.6 Å². The summed E-state index contributed by atoms with van der Waals surface area (Å²) in [6, 6.07) is 3.90. The van der Waals surface area contributed by atoms with Crippen molar-refractivity contribution in [1.82, 2.24) is 0 Å². The molecule has 204 valence electrons. The Balaban J connectivity index is 1.75.